The van der Waals surface area contributed by atoms with E-state index in [0.717, 1.165) is 0 Å². The molecule has 7 atom stereocenters. The normalized spacial score (nSPS) is 34.1. The number of hydrogen-bond donors (Lipinski definition) is 8. The SMILES string of the molecule is CC(=O)N[C@H]1C(O)O[C@H](CO)[C@H](O)[C@@H]1O.C[C@H](O)[C@@H](N)CO. The van der Waals surface area contributed by atoms with Gasteiger partial charge in [0.05, 0.1) is 25.4 Å². The molecule has 132 valence electrons. The lowest BCUT2D eigenvalue weighted by molar-refractivity contribution is -0.253. The molecule has 22 heavy (non-hydrogen) atoms. The van der Waals surface area contributed by atoms with Crippen LogP contribution < -0.4 is 11.1 Å². The monoisotopic (exact) mass is 326 g/mol. The first-order valence-corrected chi connectivity index (χ1v) is 6.77. The number of nitrogens with two attached hydrogens (primary N) is 1. The standard InChI is InChI=1S/C8H15NO6.C4H11NO2/c1-3(11)9-5-7(13)6(12)4(2-10)15-8(5)14;1-3(7)4(5)2-6/h4-8,10,12-14H,2H2,1H3,(H,9,11);3-4,6-7H,2,5H2,1H3/t4-,5-,6+,7-,8?;3-,4-/m10/s1. The Balaban J connectivity index is 0.000000534. The van der Waals surface area contributed by atoms with E-state index in [9.17, 15) is 20.1 Å². The second-order valence-corrected chi connectivity index (χ2v) is 5.04. The van der Waals surface area contributed by atoms with Crippen LogP contribution in [0, 0.1) is 0 Å². The molecule has 0 saturated carbocycles. The van der Waals surface area contributed by atoms with Gasteiger partial charge in [-0.05, 0) is 6.92 Å². The third kappa shape index (κ3) is 6.50. The molecular weight excluding hydrogens is 300 g/mol. The predicted molar refractivity (Wildman–Crippen MR) is 74.3 cm³/mol. The lowest BCUT2D eigenvalue weighted by atomic mass is 9.97. The van der Waals surface area contributed by atoms with Crippen LogP contribution in [0.5, 0.6) is 0 Å². The maximum Gasteiger partial charge on any atom is 0.217 e. The first kappa shape index (κ1) is 21.1. The Morgan fingerprint density at radius 3 is 2.14 bits per heavy atom. The molecule has 1 fully saturated rings. The summed E-state index contributed by atoms with van der Waals surface area (Å²) in [4.78, 5) is 10.7. The van der Waals surface area contributed by atoms with Crippen molar-refractivity contribution in [3.63, 3.8) is 0 Å². The Hall–Kier alpha value is -0.850. The largest absolute Gasteiger partial charge is 0.395 e. The van der Waals surface area contributed by atoms with Gasteiger partial charge < -0.3 is 46.4 Å². The summed E-state index contributed by atoms with van der Waals surface area (Å²) in [6.45, 7) is 2.07. The van der Waals surface area contributed by atoms with Crippen molar-refractivity contribution in [3.8, 4) is 0 Å². The summed E-state index contributed by atoms with van der Waals surface area (Å²) in [5, 5.41) is 56.1. The molecule has 0 aromatic carbocycles. The maximum absolute atomic E-state index is 10.7. The van der Waals surface area contributed by atoms with Crippen LogP contribution in [0.3, 0.4) is 0 Å². The molecule has 0 aromatic heterocycles. The Bertz CT molecular complexity index is 330. The molecule has 1 rings (SSSR count). The van der Waals surface area contributed by atoms with Crippen molar-refractivity contribution >= 4 is 5.91 Å². The second kappa shape index (κ2) is 10.0. The predicted octanol–water partition coefficient (Wildman–Crippen LogP) is -4.39. The molecule has 1 unspecified atom stereocenters. The van der Waals surface area contributed by atoms with Crippen molar-refractivity contribution in [1.29, 1.82) is 0 Å². The molecule has 1 aliphatic rings. The van der Waals surface area contributed by atoms with Crippen molar-refractivity contribution in [3.05, 3.63) is 0 Å². The summed E-state index contributed by atoms with van der Waals surface area (Å²) in [5.41, 5.74) is 5.12. The number of ether oxygens (including phenoxy) is 1. The number of aliphatic hydroxyl groups is 6. The minimum Gasteiger partial charge on any atom is -0.395 e. The average molecular weight is 326 g/mol. The van der Waals surface area contributed by atoms with E-state index >= 15 is 0 Å². The summed E-state index contributed by atoms with van der Waals surface area (Å²) in [6, 6.07) is -1.58. The quantitative estimate of drug-likeness (QED) is 0.252. The van der Waals surface area contributed by atoms with Gasteiger partial charge in [-0.3, -0.25) is 4.79 Å². The van der Waals surface area contributed by atoms with Crippen molar-refractivity contribution < 1.29 is 40.2 Å². The van der Waals surface area contributed by atoms with E-state index < -0.39 is 55.3 Å². The molecule has 9 N–H and O–H groups in total. The fourth-order valence-electron chi connectivity index (χ4n) is 1.64. The summed E-state index contributed by atoms with van der Waals surface area (Å²) in [6.07, 6.45) is -5.85. The van der Waals surface area contributed by atoms with Crippen LogP contribution in [0.25, 0.3) is 0 Å². The van der Waals surface area contributed by atoms with Crippen LogP contribution in [0.1, 0.15) is 13.8 Å². The Morgan fingerprint density at radius 2 is 1.82 bits per heavy atom. The minimum atomic E-state index is -1.45. The van der Waals surface area contributed by atoms with Gasteiger partial charge in [0.25, 0.3) is 0 Å². The number of carbonyl (C=O) groups excluding carboxylic acids is 1. The number of carbonyl (C=O) groups is 1. The van der Waals surface area contributed by atoms with E-state index in [4.69, 9.17) is 25.8 Å². The van der Waals surface area contributed by atoms with Gasteiger partial charge in [-0.1, -0.05) is 0 Å². The van der Waals surface area contributed by atoms with Crippen LogP contribution in [0.4, 0.5) is 0 Å². The summed E-state index contributed by atoms with van der Waals surface area (Å²) >= 11 is 0. The Kier molecular flexibility index (Phi) is 9.64. The first-order valence-electron chi connectivity index (χ1n) is 6.77. The fourth-order valence-corrected chi connectivity index (χ4v) is 1.64. The zero-order valence-electron chi connectivity index (χ0n) is 12.5. The van der Waals surface area contributed by atoms with Gasteiger partial charge in [0.15, 0.2) is 6.29 Å². The molecule has 10 nitrogen and oxygen atoms in total. The molecule has 1 aliphatic heterocycles. The van der Waals surface area contributed by atoms with Crippen LogP contribution >= 0.6 is 0 Å². The highest BCUT2D eigenvalue weighted by atomic mass is 16.6. The molecule has 10 heteroatoms. The number of hydrogen-bond acceptors (Lipinski definition) is 9. The first-order chi connectivity index (χ1) is 10.1. The molecule has 0 aliphatic carbocycles. The van der Waals surface area contributed by atoms with Crippen molar-refractivity contribution in [2.75, 3.05) is 13.2 Å². The van der Waals surface area contributed by atoms with E-state index in [-0.39, 0.29) is 6.61 Å². The number of amides is 1. The highest BCUT2D eigenvalue weighted by molar-refractivity contribution is 5.73. The van der Waals surface area contributed by atoms with Crippen LogP contribution in [0.2, 0.25) is 0 Å². The van der Waals surface area contributed by atoms with E-state index in [1.165, 1.54) is 6.92 Å². The lowest BCUT2D eigenvalue weighted by Gasteiger charge is -2.40. The summed E-state index contributed by atoms with van der Waals surface area (Å²) < 4.78 is 4.81. The van der Waals surface area contributed by atoms with Crippen molar-refractivity contribution in [2.24, 2.45) is 5.73 Å². The molecule has 1 amide bonds. The van der Waals surface area contributed by atoms with E-state index in [1.54, 1.807) is 6.92 Å². The molecule has 1 heterocycles. The van der Waals surface area contributed by atoms with Gasteiger partial charge in [-0.25, -0.2) is 0 Å². The average Bonchev–Trinajstić information content (AvgIpc) is 2.46. The Morgan fingerprint density at radius 1 is 1.27 bits per heavy atom. The molecule has 0 bridgehead atoms. The smallest absolute Gasteiger partial charge is 0.217 e. The van der Waals surface area contributed by atoms with Gasteiger partial charge in [0.1, 0.15) is 24.4 Å². The van der Waals surface area contributed by atoms with Gasteiger partial charge in [-0.2, -0.15) is 0 Å². The molecule has 0 radical (unpaired) electrons. The second-order valence-electron chi connectivity index (χ2n) is 5.04. The van der Waals surface area contributed by atoms with E-state index in [2.05, 4.69) is 5.32 Å². The topological polar surface area (TPSA) is 186 Å². The van der Waals surface area contributed by atoms with Crippen LogP contribution in [-0.4, -0.2) is 92.5 Å². The van der Waals surface area contributed by atoms with E-state index in [0.29, 0.717) is 0 Å². The summed E-state index contributed by atoms with van der Waals surface area (Å²) in [7, 11) is 0. The van der Waals surface area contributed by atoms with Gasteiger partial charge in [0.2, 0.25) is 5.91 Å². The van der Waals surface area contributed by atoms with Gasteiger partial charge >= 0.3 is 0 Å². The highest BCUT2D eigenvalue weighted by Crippen LogP contribution is 2.19. The zero-order valence-corrected chi connectivity index (χ0v) is 12.5. The van der Waals surface area contributed by atoms with Crippen molar-refractivity contribution in [1.82, 2.24) is 5.32 Å². The third-order valence-corrected chi connectivity index (χ3v) is 3.10. The van der Waals surface area contributed by atoms with E-state index in [1.807, 2.05) is 0 Å². The maximum atomic E-state index is 10.7. The zero-order chi connectivity index (χ0) is 17.4. The molecule has 0 spiro atoms. The van der Waals surface area contributed by atoms with Gasteiger partial charge in [0, 0.05) is 6.92 Å². The molecular formula is C12H26N2O8. The fraction of sp³-hybridized carbons (Fsp3) is 0.917. The van der Waals surface area contributed by atoms with Gasteiger partial charge in [-0.15, -0.1) is 0 Å². The third-order valence-electron chi connectivity index (χ3n) is 3.10. The summed E-state index contributed by atoms with van der Waals surface area (Å²) in [5.74, 6) is -0.462. The number of rotatable bonds is 4. The highest BCUT2D eigenvalue weighted by Gasteiger charge is 2.43. The Labute approximate surface area is 128 Å². The number of nitrogens with one attached hydrogen (secondary N) is 1. The van der Waals surface area contributed by atoms with Crippen LogP contribution in [0.15, 0.2) is 0 Å². The minimum absolute atomic E-state index is 0.155. The number of aliphatic hydroxyl groups excluding tert-OH is 6. The van der Waals surface area contributed by atoms with Crippen molar-refractivity contribution in [2.45, 2.75) is 56.6 Å². The van der Waals surface area contributed by atoms with Crippen LogP contribution in [-0.2, 0) is 9.53 Å². The molecule has 0 aromatic rings. The lowest BCUT2D eigenvalue weighted by Crippen LogP contribution is -2.63. The molecule has 1 saturated heterocycles.